The fourth-order valence-corrected chi connectivity index (χ4v) is 2.65. The van der Waals surface area contributed by atoms with E-state index >= 15 is 0 Å². The molecule has 1 aromatic heterocycles. The van der Waals surface area contributed by atoms with Crippen LogP contribution in [-0.2, 0) is 9.53 Å². The van der Waals surface area contributed by atoms with E-state index in [0.717, 1.165) is 24.2 Å². The Morgan fingerprint density at radius 3 is 2.64 bits per heavy atom. The third-order valence-corrected chi connectivity index (χ3v) is 3.93. The molecule has 2 aromatic rings. The van der Waals surface area contributed by atoms with E-state index in [1.165, 1.54) is 0 Å². The molecule has 0 bridgehead atoms. The van der Waals surface area contributed by atoms with E-state index in [9.17, 15) is 9.59 Å². The van der Waals surface area contributed by atoms with Crippen LogP contribution in [0.1, 0.15) is 41.7 Å². The molecule has 1 fully saturated rings. The summed E-state index contributed by atoms with van der Waals surface area (Å²) in [7, 11) is 0. The third-order valence-electron chi connectivity index (χ3n) is 3.93. The minimum atomic E-state index is -0.575. The number of rotatable bonds is 3. The van der Waals surface area contributed by atoms with Gasteiger partial charge in [-0.05, 0) is 56.5 Å². The molecule has 0 N–H and O–H groups in total. The molecule has 3 rings (SSSR count). The average molecular weight is 298 g/mol. The van der Waals surface area contributed by atoms with Crippen LogP contribution in [0.5, 0.6) is 0 Å². The molecule has 1 aliphatic carbocycles. The summed E-state index contributed by atoms with van der Waals surface area (Å²) >= 11 is 0. The molecular formula is C17H18N2O3. The van der Waals surface area contributed by atoms with Crippen LogP contribution in [0.25, 0.3) is 5.69 Å². The number of aryl methyl sites for hydroxylation is 1. The second kappa shape index (κ2) is 6.13. The number of ether oxygens (including phenoxy) is 1. The standard InChI is InChI=1S/C17H18N2O3/c1-12-10-11-18-19(12)14-8-6-13(7-9-14)17(21)22-16-5-3-2-4-15(16)20/h6-11,16H,2-5H2,1H3/t16-/m0/s1. The van der Waals surface area contributed by atoms with Gasteiger partial charge in [-0.3, -0.25) is 4.79 Å². The van der Waals surface area contributed by atoms with Gasteiger partial charge >= 0.3 is 5.97 Å². The van der Waals surface area contributed by atoms with Crippen molar-refractivity contribution in [2.24, 2.45) is 0 Å². The summed E-state index contributed by atoms with van der Waals surface area (Å²) in [6, 6.07) is 8.95. The Morgan fingerprint density at radius 2 is 2.00 bits per heavy atom. The van der Waals surface area contributed by atoms with Crippen molar-refractivity contribution in [1.82, 2.24) is 9.78 Å². The summed E-state index contributed by atoms with van der Waals surface area (Å²) in [5.41, 5.74) is 2.35. The van der Waals surface area contributed by atoms with Crippen LogP contribution in [0.4, 0.5) is 0 Å². The van der Waals surface area contributed by atoms with E-state index in [0.29, 0.717) is 18.4 Å². The van der Waals surface area contributed by atoms with E-state index in [1.807, 2.05) is 25.1 Å². The van der Waals surface area contributed by atoms with Crippen molar-refractivity contribution in [2.45, 2.75) is 38.7 Å². The zero-order valence-electron chi connectivity index (χ0n) is 12.5. The summed E-state index contributed by atoms with van der Waals surface area (Å²) in [5.74, 6) is -0.410. The van der Waals surface area contributed by atoms with Gasteiger partial charge in [-0.25, -0.2) is 9.48 Å². The Hall–Kier alpha value is -2.43. The second-order valence-corrected chi connectivity index (χ2v) is 5.54. The number of hydrogen-bond donors (Lipinski definition) is 0. The number of Topliss-reactive ketones (excluding diaryl/α,β-unsaturated/α-hetero) is 1. The highest BCUT2D eigenvalue weighted by Gasteiger charge is 2.26. The molecule has 0 aliphatic heterocycles. The Bertz CT molecular complexity index is 688. The monoisotopic (exact) mass is 298 g/mol. The topological polar surface area (TPSA) is 61.2 Å². The fraction of sp³-hybridized carbons (Fsp3) is 0.353. The Morgan fingerprint density at radius 1 is 1.23 bits per heavy atom. The SMILES string of the molecule is Cc1ccnn1-c1ccc(C(=O)O[C@H]2CCCCC2=O)cc1. The fourth-order valence-electron chi connectivity index (χ4n) is 2.65. The lowest BCUT2D eigenvalue weighted by Gasteiger charge is -2.20. The van der Waals surface area contributed by atoms with E-state index < -0.39 is 12.1 Å². The normalized spacial score (nSPS) is 18.2. The number of hydrogen-bond acceptors (Lipinski definition) is 4. The largest absolute Gasteiger partial charge is 0.451 e. The van der Waals surface area contributed by atoms with Gasteiger partial charge in [-0.2, -0.15) is 5.10 Å². The van der Waals surface area contributed by atoms with Crippen LogP contribution < -0.4 is 0 Å². The number of carbonyl (C=O) groups excluding carboxylic acids is 2. The lowest BCUT2D eigenvalue weighted by atomic mass is 9.96. The smallest absolute Gasteiger partial charge is 0.338 e. The molecule has 0 radical (unpaired) electrons. The molecular weight excluding hydrogens is 280 g/mol. The zero-order chi connectivity index (χ0) is 15.5. The van der Waals surface area contributed by atoms with Gasteiger partial charge in [0, 0.05) is 18.3 Å². The number of nitrogens with zero attached hydrogens (tertiary/aromatic N) is 2. The van der Waals surface area contributed by atoms with Crippen LogP contribution in [-0.4, -0.2) is 27.6 Å². The molecule has 1 aromatic carbocycles. The average Bonchev–Trinajstić information content (AvgIpc) is 2.96. The number of carbonyl (C=O) groups is 2. The first kappa shape index (κ1) is 14.5. The lowest BCUT2D eigenvalue weighted by Crippen LogP contribution is -2.30. The highest BCUT2D eigenvalue weighted by molar-refractivity contribution is 5.93. The quantitative estimate of drug-likeness (QED) is 0.817. The predicted molar refractivity (Wildman–Crippen MR) is 81.0 cm³/mol. The van der Waals surface area contributed by atoms with Gasteiger partial charge in [-0.15, -0.1) is 0 Å². The van der Waals surface area contributed by atoms with E-state index in [-0.39, 0.29) is 5.78 Å². The van der Waals surface area contributed by atoms with Gasteiger partial charge in [0.25, 0.3) is 0 Å². The first-order valence-corrected chi connectivity index (χ1v) is 7.50. The molecule has 114 valence electrons. The molecule has 0 spiro atoms. The van der Waals surface area contributed by atoms with Crippen molar-refractivity contribution < 1.29 is 14.3 Å². The summed E-state index contributed by atoms with van der Waals surface area (Å²) in [4.78, 5) is 23.8. The van der Waals surface area contributed by atoms with Gasteiger partial charge in [-0.1, -0.05) is 0 Å². The highest BCUT2D eigenvalue weighted by atomic mass is 16.5. The molecule has 0 saturated heterocycles. The minimum Gasteiger partial charge on any atom is -0.451 e. The third kappa shape index (κ3) is 2.93. The summed E-state index contributed by atoms with van der Waals surface area (Å²) in [6.45, 7) is 1.96. The minimum absolute atomic E-state index is 0.0309. The first-order valence-electron chi connectivity index (χ1n) is 7.50. The van der Waals surface area contributed by atoms with Gasteiger partial charge in [0.2, 0.25) is 0 Å². The molecule has 5 heteroatoms. The number of esters is 1. The molecule has 22 heavy (non-hydrogen) atoms. The van der Waals surface area contributed by atoms with Crippen LogP contribution in [0.3, 0.4) is 0 Å². The second-order valence-electron chi connectivity index (χ2n) is 5.54. The Labute approximate surface area is 128 Å². The van der Waals surface area contributed by atoms with Crippen molar-refractivity contribution >= 4 is 11.8 Å². The van der Waals surface area contributed by atoms with E-state index in [4.69, 9.17) is 4.74 Å². The zero-order valence-corrected chi connectivity index (χ0v) is 12.5. The molecule has 1 atom stereocenters. The molecule has 1 aliphatic rings. The highest BCUT2D eigenvalue weighted by Crippen LogP contribution is 2.19. The summed E-state index contributed by atoms with van der Waals surface area (Å²) in [5, 5.41) is 4.22. The van der Waals surface area contributed by atoms with Crippen molar-refractivity contribution in [3.05, 3.63) is 47.8 Å². The maximum atomic E-state index is 12.1. The molecule has 1 saturated carbocycles. The maximum Gasteiger partial charge on any atom is 0.338 e. The predicted octanol–water partition coefficient (Wildman–Crippen LogP) is 2.85. The Kier molecular flexibility index (Phi) is 4.04. The maximum absolute atomic E-state index is 12.1. The van der Waals surface area contributed by atoms with Crippen LogP contribution in [0, 0.1) is 6.92 Å². The van der Waals surface area contributed by atoms with Crippen LogP contribution in [0.2, 0.25) is 0 Å². The molecule has 5 nitrogen and oxygen atoms in total. The van der Waals surface area contributed by atoms with Gasteiger partial charge in [0.05, 0.1) is 11.3 Å². The van der Waals surface area contributed by atoms with E-state index in [2.05, 4.69) is 5.10 Å². The number of aromatic nitrogens is 2. The number of ketones is 1. The Balaban J connectivity index is 1.71. The molecule has 0 amide bonds. The molecule has 1 heterocycles. The van der Waals surface area contributed by atoms with Crippen LogP contribution in [0.15, 0.2) is 36.5 Å². The van der Waals surface area contributed by atoms with Crippen molar-refractivity contribution in [1.29, 1.82) is 0 Å². The number of benzene rings is 1. The van der Waals surface area contributed by atoms with Gasteiger partial charge in [0.1, 0.15) is 0 Å². The van der Waals surface area contributed by atoms with Crippen molar-refractivity contribution in [2.75, 3.05) is 0 Å². The van der Waals surface area contributed by atoms with Gasteiger partial charge < -0.3 is 4.74 Å². The summed E-state index contributed by atoms with van der Waals surface area (Å²) in [6.07, 6.45) is 4.12. The summed E-state index contributed by atoms with van der Waals surface area (Å²) < 4.78 is 7.12. The van der Waals surface area contributed by atoms with Crippen molar-refractivity contribution in [3.63, 3.8) is 0 Å². The van der Waals surface area contributed by atoms with Crippen LogP contribution >= 0.6 is 0 Å². The lowest BCUT2D eigenvalue weighted by molar-refractivity contribution is -0.129. The first-order chi connectivity index (χ1) is 10.6. The van der Waals surface area contributed by atoms with Gasteiger partial charge in [0.15, 0.2) is 11.9 Å². The van der Waals surface area contributed by atoms with E-state index in [1.54, 1.807) is 23.0 Å². The molecule has 0 unspecified atom stereocenters. The van der Waals surface area contributed by atoms with Crippen molar-refractivity contribution in [3.8, 4) is 5.69 Å².